The van der Waals surface area contributed by atoms with Gasteiger partial charge in [-0.05, 0) is 12.1 Å². The van der Waals surface area contributed by atoms with E-state index in [0.717, 1.165) is 0 Å². The van der Waals surface area contributed by atoms with Crippen molar-refractivity contribution in [3.8, 4) is 0 Å². The molecule has 0 spiro atoms. The minimum Gasteiger partial charge on any atom is -0.382 e. The van der Waals surface area contributed by atoms with E-state index in [-0.39, 0.29) is 30.0 Å². The quantitative estimate of drug-likeness (QED) is 0.726. The van der Waals surface area contributed by atoms with Gasteiger partial charge in [0.1, 0.15) is 6.54 Å². The van der Waals surface area contributed by atoms with Gasteiger partial charge >= 0.3 is 0 Å². The highest BCUT2D eigenvalue weighted by atomic mass is 16.2. The van der Waals surface area contributed by atoms with Gasteiger partial charge in [0.2, 0.25) is 5.91 Å². The zero-order valence-corrected chi connectivity index (χ0v) is 11.7. The predicted molar refractivity (Wildman–Crippen MR) is 79.1 cm³/mol. The first-order chi connectivity index (χ1) is 10.5. The molecule has 0 aliphatic carbocycles. The lowest BCUT2D eigenvalue weighted by atomic mass is 10.2. The number of amides is 1. The van der Waals surface area contributed by atoms with Gasteiger partial charge in [0.15, 0.2) is 11.6 Å². The van der Waals surface area contributed by atoms with Crippen LogP contribution in [0.4, 0.5) is 11.6 Å². The van der Waals surface area contributed by atoms with E-state index in [1.54, 1.807) is 18.2 Å². The number of hydrogen-bond donors (Lipinski definition) is 2. The number of anilines is 2. The Morgan fingerprint density at radius 2 is 2.05 bits per heavy atom. The first kappa shape index (κ1) is 13.7. The molecule has 0 atom stereocenters. The van der Waals surface area contributed by atoms with Crippen LogP contribution in [0.1, 0.15) is 11.7 Å². The van der Waals surface area contributed by atoms with E-state index in [1.165, 1.54) is 22.6 Å². The van der Waals surface area contributed by atoms with E-state index in [2.05, 4.69) is 20.6 Å². The molecule has 0 aliphatic heterocycles. The number of nitrogens with one attached hydrogen (secondary N) is 1. The summed E-state index contributed by atoms with van der Waals surface area (Å²) >= 11 is 0. The fourth-order valence-corrected chi connectivity index (χ4v) is 2.08. The third-order valence-corrected chi connectivity index (χ3v) is 2.97. The standard InChI is InChI=1S/C13H13N7O2/c1-8(21)16-11-6-15-19(17-11)7-12(22)20-10-5-3-2-4-9(10)13(14)18-20/h2-6H,7H2,1H3,(H2,14,18)(H,16,17,21). The first-order valence-electron chi connectivity index (χ1n) is 6.49. The second-order valence-electron chi connectivity index (χ2n) is 4.65. The molecule has 3 N–H and O–H groups in total. The van der Waals surface area contributed by atoms with Gasteiger partial charge in [-0.2, -0.15) is 14.6 Å². The maximum atomic E-state index is 12.3. The molecule has 2 aromatic heterocycles. The molecule has 9 heteroatoms. The van der Waals surface area contributed by atoms with Crippen molar-refractivity contribution < 1.29 is 9.59 Å². The number of nitrogens with two attached hydrogens (primary N) is 1. The highest BCUT2D eigenvalue weighted by Gasteiger charge is 2.15. The molecule has 3 aromatic rings. The van der Waals surface area contributed by atoms with E-state index in [4.69, 9.17) is 5.73 Å². The molecule has 0 saturated heterocycles. The number of aromatic nitrogens is 5. The maximum Gasteiger partial charge on any atom is 0.271 e. The zero-order valence-electron chi connectivity index (χ0n) is 11.7. The Bertz CT molecular complexity index is 864. The molecule has 9 nitrogen and oxygen atoms in total. The van der Waals surface area contributed by atoms with E-state index >= 15 is 0 Å². The Kier molecular flexibility index (Phi) is 3.30. The molecule has 1 aromatic carbocycles. The molecular formula is C13H13N7O2. The van der Waals surface area contributed by atoms with E-state index < -0.39 is 0 Å². The largest absolute Gasteiger partial charge is 0.382 e. The summed E-state index contributed by atoms with van der Waals surface area (Å²) in [4.78, 5) is 24.4. The van der Waals surface area contributed by atoms with Gasteiger partial charge in [-0.25, -0.2) is 0 Å². The van der Waals surface area contributed by atoms with Crippen LogP contribution in [-0.4, -0.2) is 36.6 Å². The number of nitrogens with zero attached hydrogens (tertiary/aromatic N) is 5. The van der Waals surface area contributed by atoms with E-state index in [0.29, 0.717) is 10.9 Å². The molecule has 0 saturated carbocycles. The third kappa shape index (κ3) is 2.51. The summed E-state index contributed by atoms with van der Waals surface area (Å²) in [7, 11) is 0. The van der Waals surface area contributed by atoms with Crippen molar-refractivity contribution in [3.05, 3.63) is 30.5 Å². The van der Waals surface area contributed by atoms with Gasteiger partial charge in [-0.3, -0.25) is 9.59 Å². The zero-order chi connectivity index (χ0) is 15.7. The molecule has 0 radical (unpaired) electrons. The molecule has 1 amide bonds. The molecule has 0 fully saturated rings. The Balaban J connectivity index is 1.84. The molecule has 2 heterocycles. The lowest BCUT2D eigenvalue weighted by molar-refractivity contribution is -0.114. The van der Waals surface area contributed by atoms with E-state index in [1.807, 2.05) is 6.07 Å². The number of para-hydroxylation sites is 1. The fourth-order valence-electron chi connectivity index (χ4n) is 2.08. The smallest absolute Gasteiger partial charge is 0.271 e. The average molecular weight is 299 g/mol. The van der Waals surface area contributed by atoms with Crippen molar-refractivity contribution in [2.75, 3.05) is 11.1 Å². The van der Waals surface area contributed by atoms with Gasteiger partial charge < -0.3 is 11.1 Å². The van der Waals surface area contributed by atoms with Gasteiger partial charge in [0, 0.05) is 12.3 Å². The van der Waals surface area contributed by atoms with Crippen LogP contribution < -0.4 is 11.1 Å². The monoisotopic (exact) mass is 299 g/mol. The summed E-state index contributed by atoms with van der Waals surface area (Å²) in [5, 5.41) is 15.1. The SMILES string of the molecule is CC(=O)Nc1cnn(CC(=O)n2nc(N)c3ccccc32)n1. The summed E-state index contributed by atoms with van der Waals surface area (Å²) < 4.78 is 1.23. The van der Waals surface area contributed by atoms with Crippen molar-refractivity contribution in [2.45, 2.75) is 13.5 Å². The Hall–Kier alpha value is -3.23. The third-order valence-electron chi connectivity index (χ3n) is 2.97. The molecular weight excluding hydrogens is 286 g/mol. The summed E-state index contributed by atoms with van der Waals surface area (Å²) in [6.07, 6.45) is 1.37. The van der Waals surface area contributed by atoms with E-state index in [9.17, 15) is 9.59 Å². The lowest BCUT2D eigenvalue weighted by Gasteiger charge is -2.01. The number of carbonyl (C=O) groups excluding carboxylic acids is 2. The predicted octanol–water partition coefficient (Wildman–Crippen LogP) is 0.509. The summed E-state index contributed by atoms with van der Waals surface area (Å²) in [5.41, 5.74) is 6.42. The number of nitrogen functional groups attached to an aromatic ring is 1. The van der Waals surface area contributed by atoms with Gasteiger partial charge in [-0.1, -0.05) is 12.1 Å². The summed E-state index contributed by atoms with van der Waals surface area (Å²) in [6.45, 7) is 1.24. The highest BCUT2D eigenvalue weighted by Crippen LogP contribution is 2.19. The van der Waals surface area contributed by atoms with Crippen LogP contribution in [0.2, 0.25) is 0 Å². The number of hydrogen-bond acceptors (Lipinski definition) is 6. The van der Waals surface area contributed by atoms with Crippen LogP contribution in [-0.2, 0) is 11.3 Å². The number of carbonyl (C=O) groups is 2. The van der Waals surface area contributed by atoms with Gasteiger partial charge in [-0.15, -0.1) is 10.2 Å². The van der Waals surface area contributed by atoms with Crippen LogP contribution in [0.25, 0.3) is 10.9 Å². The Labute approximate surface area is 124 Å². The molecule has 3 rings (SSSR count). The highest BCUT2D eigenvalue weighted by molar-refractivity contribution is 5.96. The molecule has 22 heavy (non-hydrogen) atoms. The Morgan fingerprint density at radius 3 is 2.82 bits per heavy atom. The Morgan fingerprint density at radius 1 is 1.27 bits per heavy atom. The minimum atomic E-state index is -0.335. The number of benzene rings is 1. The topological polar surface area (TPSA) is 121 Å². The van der Waals surface area contributed by atoms with Crippen molar-refractivity contribution in [3.63, 3.8) is 0 Å². The van der Waals surface area contributed by atoms with Crippen LogP contribution in [0.3, 0.4) is 0 Å². The van der Waals surface area contributed by atoms with Crippen molar-refractivity contribution >= 4 is 34.4 Å². The minimum absolute atomic E-state index is 0.120. The number of rotatable bonds is 3. The van der Waals surface area contributed by atoms with Crippen molar-refractivity contribution in [1.82, 2.24) is 24.8 Å². The van der Waals surface area contributed by atoms with Crippen molar-refractivity contribution in [2.24, 2.45) is 0 Å². The summed E-state index contributed by atoms with van der Waals surface area (Å²) in [5.74, 6) is -0.0245. The van der Waals surface area contributed by atoms with Crippen LogP contribution in [0.15, 0.2) is 30.5 Å². The van der Waals surface area contributed by atoms with Gasteiger partial charge in [0.25, 0.3) is 5.91 Å². The molecule has 0 unspecified atom stereocenters. The molecule has 112 valence electrons. The van der Waals surface area contributed by atoms with Gasteiger partial charge in [0.05, 0.1) is 11.7 Å². The normalized spacial score (nSPS) is 10.8. The maximum absolute atomic E-state index is 12.3. The average Bonchev–Trinajstić information content (AvgIpc) is 3.04. The summed E-state index contributed by atoms with van der Waals surface area (Å²) in [6, 6.07) is 7.18. The second kappa shape index (κ2) is 5.28. The first-order valence-corrected chi connectivity index (χ1v) is 6.49. The fraction of sp³-hybridized carbons (Fsp3) is 0.154. The van der Waals surface area contributed by atoms with Crippen LogP contribution in [0.5, 0.6) is 0 Å². The molecule has 0 aliphatic rings. The van der Waals surface area contributed by atoms with Crippen LogP contribution in [0, 0.1) is 0 Å². The number of fused-ring (bicyclic) bond motifs is 1. The van der Waals surface area contributed by atoms with Crippen molar-refractivity contribution in [1.29, 1.82) is 0 Å². The second-order valence-corrected chi connectivity index (χ2v) is 4.65. The molecule has 0 bridgehead atoms. The van der Waals surface area contributed by atoms with Crippen LogP contribution >= 0.6 is 0 Å². The lowest BCUT2D eigenvalue weighted by Crippen LogP contribution is -2.21.